The molecule has 2 aromatic carbocycles. The predicted octanol–water partition coefficient (Wildman–Crippen LogP) is 3.58. The van der Waals surface area contributed by atoms with Gasteiger partial charge in [0.1, 0.15) is 17.3 Å². The molecule has 0 radical (unpaired) electrons. The number of fused-ring (bicyclic) bond motifs is 3. The lowest BCUT2D eigenvalue weighted by Gasteiger charge is -2.11. The summed E-state index contributed by atoms with van der Waals surface area (Å²) < 4.78 is 12.5. The van der Waals surface area contributed by atoms with Crippen LogP contribution in [0.15, 0.2) is 48.5 Å². The Morgan fingerprint density at radius 2 is 1.84 bits per heavy atom. The number of hydrogen-bond acceptors (Lipinski definition) is 7. The molecule has 0 aliphatic carbocycles. The number of carbonyl (C=O) groups is 1. The molecule has 2 aromatic heterocycles. The maximum absolute atomic E-state index is 11.8. The van der Waals surface area contributed by atoms with E-state index in [0.717, 1.165) is 35.4 Å². The standard InChI is InChI=1S/C22H24N6O3/c1-15-26-27-21-20(25-18-14-17(30-2)10-11-19(18)28(15)21)23-12-6-7-13-24-22(29)31-16-8-4-3-5-9-16/h3-5,8-11,14H,6-7,12-13H2,1-2H3,(H,23,25)(H,24,29). The zero-order chi connectivity index (χ0) is 21.6. The molecule has 0 saturated heterocycles. The number of anilines is 1. The van der Waals surface area contributed by atoms with Crippen molar-refractivity contribution in [2.24, 2.45) is 0 Å². The Bertz CT molecular complexity index is 1190. The summed E-state index contributed by atoms with van der Waals surface area (Å²) in [5.74, 6) is 2.72. The smallest absolute Gasteiger partial charge is 0.412 e. The van der Waals surface area contributed by atoms with Crippen molar-refractivity contribution in [1.82, 2.24) is 24.9 Å². The van der Waals surface area contributed by atoms with Gasteiger partial charge in [-0.05, 0) is 44.0 Å². The molecule has 0 atom stereocenters. The number of nitrogens with zero attached hydrogens (tertiary/aromatic N) is 4. The van der Waals surface area contributed by atoms with Crippen molar-refractivity contribution >= 4 is 28.6 Å². The van der Waals surface area contributed by atoms with Gasteiger partial charge in [-0.3, -0.25) is 4.40 Å². The normalized spacial score (nSPS) is 10.9. The van der Waals surface area contributed by atoms with E-state index < -0.39 is 6.09 Å². The maximum atomic E-state index is 11.8. The second kappa shape index (κ2) is 9.29. The average molecular weight is 420 g/mol. The highest BCUT2D eigenvalue weighted by Gasteiger charge is 2.13. The number of methoxy groups -OCH3 is 1. The SMILES string of the molecule is COc1ccc2c(c1)nc(NCCCCNC(=O)Oc1ccccc1)c1nnc(C)n12. The van der Waals surface area contributed by atoms with Crippen LogP contribution in [-0.2, 0) is 0 Å². The van der Waals surface area contributed by atoms with Gasteiger partial charge < -0.3 is 20.1 Å². The second-order valence-corrected chi connectivity index (χ2v) is 6.98. The lowest BCUT2D eigenvalue weighted by molar-refractivity contribution is 0.200. The van der Waals surface area contributed by atoms with Crippen molar-refractivity contribution in [2.75, 3.05) is 25.5 Å². The second-order valence-electron chi connectivity index (χ2n) is 6.98. The van der Waals surface area contributed by atoms with E-state index in [1.165, 1.54) is 0 Å². The fourth-order valence-corrected chi connectivity index (χ4v) is 3.28. The molecule has 4 rings (SSSR count). The average Bonchev–Trinajstić information content (AvgIpc) is 3.18. The highest BCUT2D eigenvalue weighted by Crippen LogP contribution is 2.25. The minimum atomic E-state index is -0.454. The first kappa shape index (κ1) is 20.4. The summed E-state index contributed by atoms with van der Waals surface area (Å²) in [5, 5.41) is 14.6. The molecule has 0 aliphatic rings. The van der Waals surface area contributed by atoms with Crippen LogP contribution in [0.1, 0.15) is 18.7 Å². The van der Waals surface area contributed by atoms with E-state index in [1.54, 1.807) is 19.2 Å². The Labute approximate surface area is 179 Å². The zero-order valence-electron chi connectivity index (χ0n) is 17.5. The van der Waals surface area contributed by atoms with Gasteiger partial charge in [0, 0.05) is 19.2 Å². The third-order valence-corrected chi connectivity index (χ3v) is 4.81. The van der Waals surface area contributed by atoms with Crippen LogP contribution in [0.5, 0.6) is 11.5 Å². The van der Waals surface area contributed by atoms with Gasteiger partial charge in [0.2, 0.25) is 5.65 Å². The number of amides is 1. The van der Waals surface area contributed by atoms with Crippen molar-refractivity contribution in [2.45, 2.75) is 19.8 Å². The molecule has 9 nitrogen and oxygen atoms in total. The quantitative estimate of drug-likeness (QED) is 0.420. The first-order valence-electron chi connectivity index (χ1n) is 10.1. The topological polar surface area (TPSA) is 103 Å². The summed E-state index contributed by atoms with van der Waals surface area (Å²) in [4.78, 5) is 16.5. The van der Waals surface area contributed by atoms with Crippen molar-refractivity contribution in [3.63, 3.8) is 0 Å². The molecule has 2 heterocycles. The molecular formula is C22H24N6O3. The number of para-hydroxylation sites is 1. The summed E-state index contributed by atoms with van der Waals surface area (Å²) in [6.07, 6.45) is 1.17. The summed E-state index contributed by atoms with van der Waals surface area (Å²) in [5.41, 5.74) is 2.40. The van der Waals surface area contributed by atoms with Gasteiger partial charge in [-0.1, -0.05) is 18.2 Å². The summed E-state index contributed by atoms with van der Waals surface area (Å²) >= 11 is 0. The molecule has 0 fully saturated rings. The van der Waals surface area contributed by atoms with Crippen LogP contribution in [0.2, 0.25) is 0 Å². The maximum Gasteiger partial charge on any atom is 0.412 e. The minimum Gasteiger partial charge on any atom is -0.497 e. The van der Waals surface area contributed by atoms with Gasteiger partial charge in [0.15, 0.2) is 5.82 Å². The largest absolute Gasteiger partial charge is 0.497 e. The van der Waals surface area contributed by atoms with Crippen molar-refractivity contribution in [3.8, 4) is 11.5 Å². The summed E-state index contributed by atoms with van der Waals surface area (Å²) in [7, 11) is 1.63. The lowest BCUT2D eigenvalue weighted by Crippen LogP contribution is -2.28. The molecular weight excluding hydrogens is 396 g/mol. The van der Waals surface area contributed by atoms with E-state index in [1.807, 2.05) is 47.7 Å². The zero-order valence-corrected chi connectivity index (χ0v) is 17.5. The molecule has 9 heteroatoms. The Hall–Kier alpha value is -3.88. The van der Waals surface area contributed by atoms with E-state index in [2.05, 4.69) is 20.8 Å². The number of nitrogens with one attached hydrogen (secondary N) is 2. The number of ether oxygens (including phenoxy) is 2. The van der Waals surface area contributed by atoms with E-state index in [9.17, 15) is 4.79 Å². The molecule has 31 heavy (non-hydrogen) atoms. The molecule has 0 saturated carbocycles. The third kappa shape index (κ3) is 4.66. The van der Waals surface area contributed by atoms with Gasteiger partial charge in [0.25, 0.3) is 0 Å². The van der Waals surface area contributed by atoms with Crippen LogP contribution < -0.4 is 20.1 Å². The summed E-state index contributed by atoms with van der Waals surface area (Å²) in [6, 6.07) is 14.7. The van der Waals surface area contributed by atoms with Gasteiger partial charge >= 0.3 is 6.09 Å². The van der Waals surface area contributed by atoms with E-state index >= 15 is 0 Å². The van der Waals surface area contributed by atoms with Gasteiger partial charge in [-0.2, -0.15) is 0 Å². The van der Waals surface area contributed by atoms with Gasteiger partial charge in [0.05, 0.1) is 18.1 Å². The Kier molecular flexibility index (Phi) is 6.11. The fraction of sp³-hybridized carbons (Fsp3) is 0.273. The molecule has 160 valence electrons. The van der Waals surface area contributed by atoms with E-state index in [4.69, 9.17) is 14.5 Å². The first-order valence-corrected chi connectivity index (χ1v) is 10.1. The van der Waals surface area contributed by atoms with Crippen LogP contribution >= 0.6 is 0 Å². The molecule has 0 unspecified atom stereocenters. The van der Waals surface area contributed by atoms with Crippen LogP contribution in [0.3, 0.4) is 0 Å². The van der Waals surface area contributed by atoms with Crippen molar-refractivity contribution in [1.29, 1.82) is 0 Å². The van der Waals surface area contributed by atoms with Crippen LogP contribution in [0, 0.1) is 6.92 Å². The number of unbranched alkanes of at least 4 members (excludes halogenated alkanes) is 1. The number of hydrogen-bond donors (Lipinski definition) is 2. The fourth-order valence-electron chi connectivity index (χ4n) is 3.28. The molecule has 2 N–H and O–H groups in total. The predicted molar refractivity (Wildman–Crippen MR) is 118 cm³/mol. The number of rotatable bonds is 8. The van der Waals surface area contributed by atoms with Crippen LogP contribution in [0.25, 0.3) is 16.7 Å². The lowest BCUT2D eigenvalue weighted by atomic mass is 10.2. The number of aromatic nitrogens is 4. The monoisotopic (exact) mass is 420 g/mol. The summed E-state index contributed by atoms with van der Waals surface area (Å²) in [6.45, 7) is 3.11. The number of benzene rings is 2. The van der Waals surface area contributed by atoms with Crippen molar-refractivity contribution < 1.29 is 14.3 Å². The molecule has 0 bridgehead atoms. The number of aryl methyl sites for hydroxylation is 1. The molecule has 1 amide bonds. The Morgan fingerprint density at radius 1 is 1.03 bits per heavy atom. The highest BCUT2D eigenvalue weighted by atomic mass is 16.6. The third-order valence-electron chi connectivity index (χ3n) is 4.81. The minimum absolute atomic E-state index is 0.454. The number of carbonyl (C=O) groups excluding carboxylic acids is 1. The van der Waals surface area contributed by atoms with E-state index in [-0.39, 0.29) is 0 Å². The van der Waals surface area contributed by atoms with E-state index in [0.29, 0.717) is 30.3 Å². The Balaban J connectivity index is 1.33. The van der Waals surface area contributed by atoms with Crippen LogP contribution in [0.4, 0.5) is 10.6 Å². The molecule has 4 aromatic rings. The van der Waals surface area contributed by atoms with Crippen LogP contribution in [-0.4, -0.2) is 45.9 Å². The molecule has 0 aliphatic heterocycles. The Morgan fingerprint density at radius 3 is 2.65 bits per heavy atom. The van der Waals surface area contributed by atoms with Gasteiger partial charge in [-0.25, -0.2) is 9.78 Å². The van der Waals surface area contributed by atoms with Gasteiger partial charge in [-0.15, -0.1) is 10.2 Å². The highest BCUT2D eigenvalue weighted by molar-refractivity contribution is 5.84. The van der Waals surface area contributed by atoms with Crippen molar-refractivity contribution in [3.05, 3.63) is 54.4 Å². The first-order chi connectivity index (χ1) is 15.2. The molecule has 0 spiro atoms.